The number of hydrogen-bond donors (Lipinski definition) is 0. The molecule has 1 amide bonds. The summed E-state index contributed by atoms with van der Waals surface area (Å²) in [6.45, 7) is 0. The van der Waals surface area contributed by atoms with E-state index < -0.39 is 9.84 Å². The number of amides is 1. The summed E-state index contributed by atoms with van der Waals surface area (Å²) in [5.41, 5.74) is 1.39. The van der Waals surface area contributed by atoms with Gasteiger partial charge < -0.3 is 19.1 Å². The molecular weight excluding hydrogens is 488 g/mol. The largest absolute Gasteiger partial charge is 0.495 e. The van der Waals surface area contributed by atoms with Gasteiger partial charge in [-0.25, -0.2) is 8.42 Å². The fraction of sp³-hybridized carbons (Fsp3) is 0.364. The van der Waals surface area contributed by atoms with Crippen LogP contribution in [-0.2, 0) is 21.1 Å². The van der Waals surface area contributed by atoms with Gasteiger partial charge in [0.15, 0.2) is 26.5 Å². The SMILES string of the molecule is COc1ccc(N2C(=NC(=O)Cc3ccc(OC)c(OC)c3)S[C@@H]3CS(=O)(=O)C[C@@H]32)cc1Cl. The molecule has 0 unspecified atom stereocenters. The molecular formula is C22H23ClN2O6S2. The van der Waals surface area contributed by atoms with E-state index in [0.29, 0.717) is 33.1 Å². The number of sulfone groups is 1. The van der Waals surface area contributed by atoms with Crippen molar-refractivity contribution in [1.29, 1.82) is 0 Å². The average molecular weight is 511 g/mol. The highest BCUT2D eigenvalue weighted by molar-refractivity contribution is 8.16. The fourth-order valence-electron chi connectivity index (χ4n) is 3.98. The molecule has 0 aromatic heterocycles. The average Bonchev–Trinajstić information content (AvgIpc) is 3.23. The van der Waals surface area contributed by atoms with Gasteiger partial charge in [-0.2, -0.15) is 4.99 Å². The van der Waals surface area contributed by atoms with E-state index in [0.717, 1.165) is 5.56 Å². The number of benzene rings is 2. The third kappa shape index (κ3) is 4.92. The van der Waals surface area contributed by atoms with Crippen LogP contribution in [-0.4, -0.2) is 63.6 Å². The number of thioether (sulfide) groups is 1. The van der Waals surface area contributed by atoms with E-state index in [2.05, 4.69) is 4.99 Å². The van der Waals surface area contributed by atoms with Gasteiger partial charge in [-0.1, -0.05) is 29.4 Å². The van der Waals surface area contributed by atoms with Crippen LogP contribution in [0.4, 0.5) is 5.69 Å². The number of amidine groups is 1. The van der Waals surface area contributed by atoms with Gasteiger partial charge in [0.2, 0.25) is 0 Å². The Kier molecular flexibility index (Phi) is 6.78. The normalized spacial score (nSPS) is 22.3. The second kappa shape index (κ2) is 9.44. The van der Waals surface area contributed by atoms with E-state index in [-0.39, 0.29) is 35.1 Å². The maximum atomic E-state index is 12.8. The van der Waals surface area contributed by atoms with E-state index in [1.807, 2.05) is 0 Å². The topological polar surface area (TPSA) is 94.5 Å². The summed E-state index contributed by atoms with van der Waals surface area (Å²) in [4.78, 5) is 19.0. The van der Waals surface area contributed by atoms with Gasteiger partial charge in [0, 0.05) is 10.9 Å². The van der Waals surface area contributed by atoms with Gasteiger partial charge in [0.25, 0.3) is 5.91 Å². The molecule has 11 heteroatoms. The molecule has 0 bridgehead atoms. The number of fused-ring (bicyclic) bond motifs is 1. The van der Waals surface area contributed by atoms with Crippen LogP contribution < -0.4 is 19.1 Å². The Morgan fingerprint density at radius 1 is 1.06 bits per heavy atom. The second-order valence-corrected chi connectivity index (χ2v) is 11.4. The van der Waals surface area contributed by atoms with Crippen LogP contribution in [0.3, 0.4) is 0 Å². The van der Waals surface area contributed by atoms with Gasteiger partial charge in [-0.15, -0.1) is 0 Å². The highest BCUT2D eigenvalue weighted by atomic mass is 35.5. The van der Waals surface area contributed by atoms with Gasteiger partial charge in [-0.05, 0) is 35.9 Å². The van der Waals surface area contributed by atoms with E-state index in [1.165, 1.54) is 26.0 Å². The van der Waals surface area contributed by atoms with Crippen LogP contribution in [0, 0.1) is 0 Å². The summed E-state index contributed by atoms with van der Waals surface area (Å²) in [6.07, 6.45) is 0.0647. The lowest BCUT2D eigenvalue weighted by Crippen LogP contribution is -2.37. The van der Waals surface area contributed by atoms with Crippen LogP contribution in [0.5, 0.6) is 17.2 Å². The van der Waals surface area contributed by atoms with E-state index in [9.17, 15) is 13.2 Å². The van der Waals surface area contributed by atoms with Gasteiger partial charge in [0.1, 0.15) is 5.75 Å². The Morgan fingerprint density at radius 3 is 2.42 bits per heavy atom. The summed E-state index contributed by atoms with van der Waals surface area (Å²) < 4.78 is 40.3. The summed E-state index contributed by atoms with van der Waals surface area (Å²) in [7, 11) is 1.43. The van der Waals surface area contributed by atoms with Crippen molar-refractivity contribution in [2.45, 2.75) is 17.7 Å². The number of aliphatic imine (C=N–C) groups is 1. The second-order valence-electron chi connectivity index (χ2n) is 7.64. The minimum Gasteiger partial charge on any atom is -0.495 e. The molecule has 2 saturated heterocycles. The van der Waals surface area contributed by atoms with Crippen LogP contribution >= 0.6 is 23.4 Å². The van der Waals surface area contributed by atoms with E-state index in [4.69, 9.17) is 25.8 Å². The van der Waals surface area contributed by atoms with Crippen molar-refractivity contribution in [2.24, 2.45) is 4.99 Å². The third-order valence-corrected chi connectivity index (χ3v) is 9.01. The van der Waals surface area contributed by atoms with Crippen molar-refractivity contribution in [3.05, 3.63) is 47.0 Å². The molecule has 2 atom stereocenters. The standard InChI is InChI=1S/C22H23ClN2O6S2/c1-29-17-7-5-14(10-15(17)23)25-16-11-33(27,28)12-20(16)32-22(25)24-21(26)9-13-4-6-18(30-2)19(8-13)31-3/h4-8,10,16,20H,9,11-12H2,1-3H3/t16-,20+/m0/s1. The molecule has 33 heavy (non-hydrogen) atoms. The van der Waals surface area contributed by atoms with Crippen LogP contribution in [0.1, 0.15) is 5.56 Å². The zero-order valence-corrected chi connectivity index (χ0v) is 20.7. The predicted octanol–water partition coefficient (Wildman–Crippen LogP) is 3.21. The molecule has 0 aliphatic carbocycles. The van der Waals surface area contributed by atoms with Gasteiger partial charge >= 0.3 is 0 Å². The quantitative estimate of drug-likeness (QED) is 0.584. The maximum Gasteiger partial charge on any atom is 0.252 e. The minimum absolute atomic E-state index is 0.00277. The number of halogens is 1. The Morgan fingerprint density at radius 2 is 1.76 bits per heavy atom. The van der Waals surface area contributed by atoms with Gasteiger partial charge in [-0.3, -0.25) is 4.79 Å². The molecule has 0 saturated carbocycles. The first-order chi connectivity index (χ1) is 15.7. The number of carbonyl (C=O) groups excluding carboxylic acids is 1. The van der Waals surface area contributed by atoms with Crippen molar-refractivity contribution < 1.29 is 27.4 Å². The Balaban J connectivity index is 1.63. The lowest BCUT2D eigenvalue weighted by Gasteiger charge is -2.25. The summed E-state index contributed by atoms with van der Waals surface area (Å²) in [5.74, 6) is 1.30. The minimum atomic E-state index is -3.17. The summed E-state index contributed by atoms with van der Waals surface area (Å²) in [5, 5.41) is 0.649. The zero-order chi connectivity index (χ0) is 23.8. The monoisotopic (exact) mass is 510 g/mol. The molecule has 0 N–H and O–H groups in total. The third-order valence-electron chi connectivity index (χ3n) is 5.50. The number of methoxy groups -OCH3 is 3. The van der Waals surface area contributed by atoms with Crippen LogP contribution in [0.15, 0.2) is 41.4 Å². The number of carbonyl (C=O) groups is 1. The Bertz CT molecular complexity index is 1220. The first kappa shape index (κ1) is 23.7. The number of hydrogen-bond acceptors (Lipinski definition) is 7. The number of nitrogens with zero attached hydrogens (tertiary/aromatic N) is 2. The summed E-state index contributed by atoms with van der Waals surface area (Å²) in [6, 6.07) is 10.1. The van der Waals surface area contributed by atoms with Crippen molar-refractivity contribution in [1.82, 2.24) is 0 Å². The van der Waals surface area contributed by atoms with Crippen molar-refractivity contribution in [3.63, 3.8) is 0 Å². The first-order valence-electron chi connectivity index (χ1n) is 10.1. The van der Waals surface area contributed by atoms with Crippen molar-refractivity contribution >= 4 is 50.0 Å². The van der Waals surface area contributed by atoms with E-state index >= 15 is 0 Å². The first-order valence-corrected chi connectivity index (χ1v) is 13.1. The highest BCUT2D eigenvalue weighted by Crippen LogP contribution is 2.42. The van der Waals surface area contributed by atoms with E-state index in [1.54, 1.807) is 48.4 Å². The number of ether oxygens (including phenoxy) is 3. The number of anilines is 1. The molecule has 2 heterocycles. The molecule has 2 aliphatic heterocycles. The number of rotatable bonds is 6. The molecule has 176 valence electrons. The predicted molar refractivity (Wildman–Crippen MR) is 130 cm³/mol. The molecule has 2 aromatic rings. The Hall–Kier alpha value is -2.43. The fourth-order valence-corrected chi connectivity index (χ4v) is 8.17. The maximum absolute atomic E-state index is 12.8. The molecule has 0 radical (unpaired) electrons. The van der Waals surface area contributed by atoms with Crippen molar-refractivity contribution in [2.75, 3.05) is 37.7 Å². The molecule has 2 aromatic carbocycles. The lowest BCUT2D eigenvalue weighted by atomic mass is 10.1. The molecule has 2 aliphatic rings. The van der Waals surface area contributed by atoms with Crippen LogP contribution in [0.25, 0.3) is 0 Å². The molecule has 8 nitrogen and oxygen atoms in total. The molecule has 0 spiro atoms. The van der Waals surface area contributed by atoms with Gasteiger partial charge in [0.05, 0.1) is 50.3 Å². The zero-order valence-electron chi connectivity index (χ0n) is 18.3. The summed E-state index contributed by atoms with van der Waals surface area (Å²) >= 11 is 7.63. The molecule has 2 fully saturated rings. The highest BCUT2D eigenvalue weighted by Gasteiger charge is 2.49. The van der Waals surface area contributed by atoms with Crippen molar-refractivity contribution in [3.8, 4) is 17.2 Å². The smallest absolute Gasteiger partial charge is 0.252 e. The lowest BCUT2D eigenvalue weighted by molar-refractivity contribution is -0.117. The Labute approximate surface area is 201 Å². The van der Waals surface area contributed by atoms with Crippen LogP contribution in [0.2, 0.25) is 5.02 Å². The molecule has 4 rings (SSSR count).